The monoisotopic (exact) mass is 272 g/mol. The average molecular weight is 272 g/mol. The van der Waals surface area contributed by atoms with Gasteiger partial charge in [-0.3, -0.25) is 4.79 Å². The lowest BCUT2D eigenvalue weighted by Gasteiger charge is -2.24. The Morgan fingerprint density at radius 3 is 2.61 bits per heavy atom. The standard InChI is InChI=1S/C12H20N2O3S/c1-11(2,7-17-5)14-10-13-8(6-18-10)12(3,4)9(15)16/h6H,7H2,1-5H3,(H,13,14)(H,15,16). The molecular formula is C12H20N2O3S. The zero-order valence-corrected chi connectivity index (χ0v) is 12.2. The van der Waals surface area contributed by atoms with E-state index in [-0.39, 0.29) is 5.54 Å². The van der Waals surface area contributed by atoms with Gasteiger partial charge in [0.1, 0.15) is 5.41 Å². The number of ether oxygens (including phenoxy) is 1. The molecule has 0 aliphatic carbocycles. The summed E-state index contributed by atoms with van der Waals surface area (Å²) >= 11 is 1.41. The van der Waals surface area contributed by atoms with Crippen molar-refractivity contribution in [2.45, 2.75) is 38.6 Å². The van der Waals surface area contributed by atoms with Crippen molar-refractivity contribution >= 4 is 22.4 Å². The molecule has 0 bridgehead atoms. The lowest BCUT2D eigenvalue weighted by atomic mass is 9.90. The van der Waals surface area contributed by atoms with Crippen molar-refractivity contribution in [3.8, 4) is 0 Å². The Morgan fingerprint density at radius 2 is 2.11 bits per heavy atom. The summed E-state index contributed by atoms with van der Waals surface area (Å²) in [6.45, 7) is 7.84. The van der Waals surface area contributed by atoms with E-state index in [0.717, 1.165) is 0 Å². The van der Waals surface area contributed by atoms with E-state index in [1.54, 1.807) is 26.3 Å². The Kier molecular flexibility index (Phi) is 4.34. The highest BCUT2D eigenvalue weighted by Gasteiger charge is 2.32. The maximum Gasteiger partial charge on any atom is 0.315 e. The van der Waals surface area contributed by atoms with Gasteiger partial charge in [0.2, 0.25) is 0 Å². The molecule has 0 aliphatic heterocycles. The van der Waals surface area contributed by atoms with E-state index >= 15 is 0 Å². The van der Waals surface area contributed by atoms with Crippen molar-refractivity contribution in [2.24, 2.45) is 0 Å². The van der Waals surface area contributed by atoms with Crippen molar-refractivity contribution in [1.82, 2.24) is 4.98 Å². The van der Waals surface area contributed by atoms with E-state index in [4.69, 9.17) is 9.84 Å². The number of carboxylic acids is 1. The summed E-state index contributed by atoms with van der Waals surface area (Å²) in [5.74, 6) is -0.879. The SMILES string of the molecule is COCC(C)(C)Nc1nc(C(C)(C)C(=O)O)cs1. The summed E-state index contributed by atoms with van der Waals surface area (Å²) in [4.78, 5) is 15.5. The number of methoxy groups -OCH3 is 1. The minimum atomic E-state index is -0.970. The van der Waals surface area contributed by atoms with Gasteiger partial charge in [-0.2, -0.15) is 0 Å². The zero-order chi connectivity index (χ0) is 14.0. The number of aromatic nitrogens is 1. The Hall–Kier alpha value is -1.14. The van der Waals surface area contributed by atoms with Crippen molar-refractivity contribution < 1.29 is 14.6 Å². The van der Waals surface area contributed by atoms with Crippen LogP contribution in [0.5, 0.6) is 0 Å². The molecule has 0 atom stereocenters. The highest BCUT2D eigenvalue weighted by molar-refractivity contribution is 7.13. The minimum Gasteiger partial charge on any atom is -0.481 e. The third kappa shape index (κ3) is 3.43. The highest BCUT2D eigenvalue weighted by atomic mass is 32.1. The summed E-state index contributed by atoms with van der Waals surface area (Å²) in [5.41, 5.74) is -0.644. The lowest BCUT2D eigenvalue weighted by Crippen LogP contribution is -2.36. The molecule has 0 spiro atoms. The first-order chi connectivity index (χ1) is 8.19. The predicted octanol–water partition coefficient (Wildman–Crippen LogP) is 2.34. The van der Waals surface area contributed by atoms with Crippen LogP contribution in [0.25, 0.3) is 0 Å². The molecule has 1 heterocycles. The van der Waals surface area contributed by atoms with Gasteiger partial charge >= 0.3 is 5.97 Å². The third-order valence-corrected chi connectivity index (χ3v) is 3.39. The Balaban J connectivity index is 2.85. The largest absolute Gasteiger partial charge is 0.481 e. The van der Waals surface area contributed by atoms with Gasteiger partial charge in [-0.05, 0) is 27.7 Å². The van der Waals surface area contributed by atoms with Crippen molar-refractivity contribution in [1.29, 1.82) is 0 Å². The molecule has 102 valence electrons. The van der Waals surface area contributed by atoms with E-state index in [2.05, 4.69) is 10.3 Å². The maximum atomic E-state index is 11.1. The topological polar surface area (TPSA) is 71.5 Å². The molecule has 0 unspecified atom stereocenters. The van der Waals surface area contributed by atoms with Crippen LogP contribution in [0.4, 0.5) is 5.13 Å². The first-order valence-electron chi connectivity index (χ1n) is 5.65. The summed E-state index contributed by atoms with van der Waals surface area (Å²) in [6, 6.07) is 0. The fourth-order valence-corrected chi connectivity index (χ4v) is 2.47. The normalized spacial score (nSPS) is 12.5. The van der Waals surface area contributed by atoms with Gasteiger partial charge < -0.3 is 15.2 Å². The van der Waals surface area contributed by atoms with E-state index in [1.807, 2.05) is 13.8 Å². The van der Waals surface area contributed by atoms with Crippen molar-refractivity contribution in [2.75, 3.05) is 19.0 Å². The molecule has 0 radical (unpaired) electrons. The molecule has 0 saturated carbocycles. The number of nitrogens with one attached hydrogen (secondary N) is 1. The van der Waals surface area contributed by atoms with Crippen molar-refractivity contribution in [3.63, 3.8) is 0 Å². The van der Waals surface area contributed by atoms with Gasteiger partial charge in [-0.25, -0.2) is 4.98 Å². The van der Waals surface area contributed by atoms with Gasteiger partial charge in [0, 0.05) is 12.5 Å². The number of hydrogen-bond donors (Lipinski definition) is 2. The van der Waals surface area contributed by atoms with E-state index in [1.165, 1.54) is 11.3 Å². The number of anilines is 1. The Morgan fingerprint density at radius 1 is 1.50 bits per heavy atom. The lowest BCUT2D eigenvalue weighted by molar-refractivity contribution is -0.142. The number of carboxylic acid groups (broad SMARTS) is 1. The summed E-state index contributed by atoms with van der Waals surface area (Å²) in [7, 11) is 1.64. The molecule has 0 saturated heterocycles. The van der Waals surface area contributed by atoms with Crippen LogP contribution in [-0.4, -0.2) is 35.3 Å². The summed E-state index contributed by atoms with van der Waals surface area (Å²) < 4.78 is 5.11. The van der Waals surface area contributed by atoms with Crippen molar-refractivity contribution in [3.05, 3.63) is 11.1 Å². The van der Waals surface area contributed by atoms with Crippen LogP contribution in [0.1, 0.15) is 33.4 Å². The number of hydrogen-bond acceptors (Lipinski definition) is 5. The van der Waals surface area contributed by atoms with Gasteiger partial charge in [-0.15, -0.1) is 11.3 Å². The summed E-state index contributed by atoms with van der Waals surface area (Å²) in [6.07, 6.45) is 0. The third-order valence-electron chi connectivity index (χ3n) is 2.63. The molecule has 0 aromatic carbocycles. The van der Waals surface area contributed by atoms with Crippen LogP contribution in [-0.2, 0) is 14.9 Å². The highest BCUT2D eigenvalue weighted by Crippen LogP contribution is 2.28. The predicted molar refractivity (Wildman–Crippen MR) is 72.4 cm³/mol. The van der Waals surface area contributed by atoms with Crippen LogP contribution in [0.15, 0.2) is 5.38 Å². The Labute approximate surface area is 111 Å². The van der Waals surface area contributed by atoms with Crippen LogP contribution in [0, 0.1) is 0 Å². The number of nitrogens with zero attached hydrogens (tertiary/aromatic N) is 1. The van der Waals surface area contributed by atoms with E-state index in [9.17, 15) is 4.79 Å². The molecule has 2 N–H and O–H groups in total. The molecule has 6 heteroatoms. The molecule has 1 rings (SSSR count). The molecule has 0 fully saturated rings. The van der Waals surface area contributed by atoms with Gasteiger partial charge in [0.15, 0.2) is 5.13 Å². The molecule has 1 aromatic heterocycles. The molecule has 0 aliphatic rings. The number of rotatable bonds is 6. The maximum absolute atomic E-state index is 11.1. The Bertz CT molecular complexity index is 427. The minimum absolute atomic E-state index is 0.239. The molecular weight excluding hydrogens is 252 g/mol. The van der Waals surface area contributed by atoms with Crippen LogP contribution < -0.4 is 5.32 Å². The van der Waals surface area contributed by atoms with Gasteiger partial charge in [-0.1, -0.05) is 0 Å². The second-order valence-corrected chi connectivity index (χ2v) is 6.27. The quantitative estimate of drug-likeness (QED) is 0.831. The fourth-order valence-electron chi connectivity index (χ4n) is 1.41. The molecule has 18 heavy (non-hydrogen) atoms. The zero-order valence-electron chi connectivity index (χ0n) is 11.4. The number of thiazole rings is 1. The smallest absolute Gasteiger partial charge is 0.315 e. The first-order valence-corrected chi connectivity index (χ1v) is 6.53. The first kappa shape index (κ1) is 14.9. The average Bonchev–Trinajstić information content (AvgIpc) is 2.65. The van der Waals surface area contributed by atoms with Gasteiger partial charge in [0.25, 0.3) is 0 Å². The van der Waals surface area contributed by atoms with Crippen LogP contribution in [0.3, 0.4) is 0 Å². The summed E-state index contributed by atoms with van der Waals surface area (Å²) in [5, 5.41) is 14.9. The molecule has 1 aromatic rings. The van der Waals surface area contributed by atoms with Crippen LogP contribution >= 0.6 is 11.3 Å². The molecule has 0 amide bonds. The van der Waals surface area contributed by atoms with Gasteiger partial charge in [0.05, 0.1) is 17.8 Å². The van der Waals surface area contributed by atoms with Crippen LogP contribution in [0.2, 0.25) is 0 Å². The number of carbonyl (C=O) groups is 1. The second-order valence-electron chi connectivity index (χ2n) is 5.41. The number of aliphatic carboxylic acids is 1. The van der Waals surface area contributed by atoms with E-state index in [0.29, 0.717) is 17.4 Å². The molecule has 5 nitrogen and oxygen atoms in total. The second kappa shape index (κ2) is 5.24. The van der Waals surface area contributed by atoms with E-state index < -0.39 is 11.4 Å². The fraction of sp³-hybridized carbons (Fsp3) is 0.667.